The lowest BCUT2D eigenvalue weighted by Gasteiger charge is -2.20. The van der Waals surface area contributed by atoms with Crippen LogP contribution in [0.1, 0.15) is 31.2 Å². The summed E-state index contributed by atoms with van der Waals surface area (Å²) >= 11 is 0. The van der Waals surface area contributed by atoms with Gasteiger partial charge in [0.1, 0.15) is 0 Å². The van der Waals surface area contributed by atoms with E-state index in [0.717, 1.165) is 31.2 Å². The minimum atomic E-state index is -3.47. The second-order valence-corrected chi connectivity index (χ2v) is 8.51. The molecule has 1 saturated heterocycles. The van der Waals surface area contributed by atoms with Gasteiger partial charge in [0.15, 0.2) is 0 Å². The first-order valence-corrected chi connectivity index (χ1v) is 10.6. The van der Waals surface area contributed by atoms with Gasteiger partial charge in [-0.1, -0.05) is 43.2 Å². The van der Waals surface area contributed by atoms with E-state index >= 15 is 0 Å². The van der Waals surface area contributed by atoms with Gasteiger partial charge in [0.2, 0.25) is 15.9 Å². The Balaban J connectivity index is 1.64. The molecule has 0 saturated carbocycles. The van der Waals surface area contributed by atoms with Gasteiger partial charge in [-0.3, -0.25) is 4.79 Å². The highest BCUT2D eigenvalue weighted by atomic mass is 32.2. The molecular formula is C21H24N2O3S. The fourth-order valence-electron chi connectivity index (χ4n) is 3.06. The molecule has 2 aromatic rings. The van der Waals surface area contributed by atoms with Crippen molar-refractivity contribution in [3.63, 3.8) is 0 Å². The number of amides is 1. The monoisotopic (exact) mass is 384 g/mol. The van der Waals surface area contributed by atoms with Gasteiger partial charge in [0, 0.05) is 24.9 Å². The van der Waals surface area contributed by atoms with E-state index < -0.39 is 10.0 Å². The molecule has 0 aromatic heterocycles. The maximum atomic E-state index is 12.8. The van der Waals surface area contributed by atoms with E-state index in [2.05, 4.69) is 5.32 Å². The van der Waals surface area contributed by atoms with Crippen molar-refractivity contribution in [3.05, 3.63) is 66.2 Å². The zero-order valence-corrected chi connectivity index (χ0v) is 16.0. The first-order chi connectivity index (χ1) is 13.1. The summed E-state index contributed by atoms with van der Waals surface area (Å²) in [7, 11) is -3.47. The lowest BCUT2D eigenvalue weighted by molar-refractivity contribution is -0.111. The predicted molar refractivity (Wildman–Crippen MR) is 108 cm³/mol. The number of carbonyl (C=O) groups excluding carboxylic acids is 1. The van der Waals surface area contributed by atoms with Crippen molar-refractivity contribution in [1.82, 2.24) is 4.31 Å². The molecule has 0 atom stereocenters. The molecule has 0 spiro atoms. The Morgan fingerprint density at radius 2 is 1.52 bits per heavy atom. The van der Waals surface area contributed by atoms with Crippen LogP contribution >= 0.6 is 0 Å². The van der Waals surface area contributed by atoms with E-state index in [0.29, 0.717) is 18.8 Å². The number of sulfonamides is 1. The number of nitrogens with zero attached hydrogens (tertiary/aromatic N) is 1. The Morgan fingerprint density at radius 3 is 2.15 bits per heavy atom. The van der Waals surface area contributed by atoms with Crippen molar-refractivity contribution in [2.45, 2.75) is 30.6 Å². The Hall–Kier alpha value is -2.44. The standard InChI is InChI=1S/C21H24N2O3S/c24-21(15-10-18-8-4-3-5-9-18)22-19-11-13-20(14-12-19)27(25,26)23-16-6-1-2-7-17-23/h3-5,8-15H,1-2,6-7,16-17H2,(H,22,24)/b15-10-. The van der Waals surface area contributed by atoms with E-state index in [-0.39, 0.29) is 10.8 Å². The van der Waals surface area contributed by atoms with E-state index in [4.69, 9.17) is 0 Å². The molecule has 2 aromatic carbocycles. The minimum absolute atomic E-state index is 0.262. The summed E-state index contributed by atoms with van der Waals surface area (Å²) in [6, 6.07) is 15.9. The summed E-state index contributed by atoms with van der Waals surface area (Å²) in [6.45, 7) is 1.15. The van der Waals surface area contributed by atoms with Crippen molar-refractivity contribution in [2.24, 2.45) is 0 Å². The zero-order chi connectivity index (χ0) is 19.1. The number of carbonyl (C=O) groups is 1. The zero-order valence-electron chi connectivity index (χ0n) is 15.2. The lowest BCUT2D eigenvalue weighted by atomic mass is 10.2. The Bertz CT molecular complexity index is 883. The van der Waals surface area contributed by atoms with Crippen LogP contribution in [0, 0.1) is 0 Å². The normalized spacial score (nSPS) is 16.1. The largest absolute Gasteiger partial charge is 0.323 e. The van der Waals surface area contributed by atoms with Crippen LogP contribution in [0.5, 0.6) is 0 Å². The molecule has 5 nitrogen and oxygen atoms in total. The Labute approximate surface area is 160 Å². The third-order valence-electron chi connectivity index (χ3n) is 4.55. The number of hydrogen-bond donors (Lipinski definition) is 1. The number of hydrogen-bond acceptors (Lipinski definition) is 3. The first-order valence-electron chi connectivity index (χ1n) is 9.20. The third kappa shape index (κ3) is 5.28. The van der Waals surface area contributed by atoms with Crippen LogP contribution in [0.3, 0.4) is 0 Å². The Morgan fingerprint density at radius 1 is 0.889 bits per heavy atom. The van der Waals surface area contributed by atoms with Crippen LogP contribution in [-0.4, -0.2) is 31.7 Å². The maximum absolute atomic E-state index is 12.8. The molecular weight excluding hydrogens is 360 g/mol. The summed E-state index contributed by atoms with van der Waals surface area (Å²) in [5.41, 5.74) is 1.50. The molecule has 0 radical (unpaired) electrons. The fraction of sp³-hybridized carbons (Fsp3) is 0.286. The molecule has 1 aliphatic rings. The highest BCUT2D eigenvalue weighted by Gasteiger charge is 2.24. The SMILES string of the molecule is O=C(/C=C\c1ccccc1)Nc1ccc(S(=O)(=O)N2CCCCCC2)cc1. The van der Waals surface area contributed by atoms with Crippen LogP contribution < -0.4 is 5.32 Å². The fourth-order valence-corrected chi connectivity index (χ4v) is 4.58. The van der Waals surface area contributed by atoms with Gasteiger partial charge in [0.25, 0.3) is 0 Å². The molecule has 27 heavy (non-hydrogen) atoms. The smallest absolute Gasteiger partial charge is 0.248 e. The molecule has 1 amide bonds. The number of benzene rings is 2. The van der Waals surface area contributed by atoms with Crippen LogP contribution in [0.25, 0.3) is 6.08 Å². The summed E-state index contributed by atoms with van der Waals surface area (Å²) in [4.78, 5) is 12.3. The van der Waals surface area contributed by atoms with Gasteiger partial charge in [-0.2, -0.15) is 4.31 Å². The second kappa shape index (κ2) is 8.97. The van der Waals surface area contributed by atoms with Crippen LogP contribution in [0.15, 0.2) is 65.6 Å². The molecule has 1 aliphatic heterocycles. The van der Waals surface area contributed by atoms with Gasteiger partial charge < -0.3 is 5.32 Å². The average molecular weight is 385 g/mol. The number of rotatable bonds is 5. The van der Waals surface area contributed by atoms with Crippen LogP contribution in [-0.2, 0) is 14.8 Å². The molecule has 1 fully saturated rings. The quantitative estimate of drug-likeness (QED) is 0.795. The lowest BCUT2D eigenvalue weighted by Crippen LogP contribution is -2.31. The van der Waals surface area contributed by atoms with E-state index in [1.807, 2.05) is 30.3 Å². The first kappa shape index (κ1) is 19.3. The van der Waals surface area contributed by atoms with Crippen molar-refractivity contribution in [1.29, 1.82) is 0 Å². The maximum Gasteiger partial charge on any atom is 0.248 e. The number of nitrogens with one attached hydrogen (secondary N) is 1. The molecule has 0 aliphatic carbocycles. The highest BCUT2D eigenvalue weighted by Crippen LogP contribution is 2.21. The highest BCUT2D eigenvalue weighted by molar-refractivity contribution is 7.89. The summed E-state index contributed by atoms with van der Waals surface area (Å²) < 4.78 is 27.1. The molecule has 3 rings (SSSR count). The van der Waals surface area contributed by atoms with Gasteiger partial charge in [-0.15, -0.1) is 0 Å². The van der Waals surface area contributed by atoms with E-state index in [1.54, 1.807) is 34.6 Å². The Kier molecular flexibility index (Phi) is 6.42. The molecule has 0 unspecified atom stereocenters. The molecule has 6 heteroatoms. The average Bonchev–Trinajstić information content (AvgIpc) is 2.98. The van der Waals surface area contributed by atoms with Crippen LogP contribution in [0.4, 0.5) is 5.69 Å². The number of anilines is 1. The molecule has 142 valence electrons. The van der Waals surface area contributed by atoms with Crippen molar-refractivity contribution < 1.29 is 13.2 Å². The molecule has 1 N–H and O–H groups in total. The van der Waals surface area contributed by atoms with Crippen LogP contribution in [0.2, 0.25) is 0 Å². The second-order valence-electron chi connectivity index (χ2n) is 6.58. The van der Waals surface area contributed by atoms with E-state index in [1.165, 1.54) is 6.08 Å². The minimum Gasteiger partial charge on any atom is -0.323 e. The summed E-state index contributed by atoms with van der Waals surface area (Å²) in [5, 5.41) is 2.75. The van der Waals surface area contributed by atoms with Gasteiger partial charge in [-0.25, -0.2) is 8.42 Å². The molecule has 0 bridgehead atoms. The van der Waals surface area contributed by atoms with E-state index in [9.17, 15) is 13.2 Å². The topological polar surface area (TPSA) is 66.5 Å². The summed E-state index contributed by atoms with van der Waals surface area (Å²) in [6.07, 6.45) is 7.15. The predicted octanol–water partition coefficient (Wildman–Crippen LogP) is 3.90. The third-order valence-corrected chi connectivity index (χ3v) is 6.46. The van der Waals surface area contributed by atoms with Gasteiger partial charge in [0.05, 0.1) is 4.90 Å². The van der Waals surface area contributed by atoms with Crippen molar-refractivity contribution >= 4 is 27.7 Å². The van der Waals surface area contributed by atoms with Gasteiger partial charge >= 0.3 is 0 Å². The molecule has 1 heterocycles. The van der Waals surface area contributed by atoms with Gasteiger partial charge in [-0.05, 0) is 48.7 Å². The summed E-state index contributed by atoms with van der Waals surface area (Å²) in [5.74, 6) is -0.262. The van der Waals surface area contributed by atoms with Crippen molar-refractivity contribution in [3.8, 4) is 0 Å². The van der Waals surface area contributed by atoms with Crippen molar-refractivity contribution in [2.75, 3.05) is 18.4 Å².